The van der Waals surface area contributed by atoms with Gasteiger partial charge in [0.25, 0.3) is 0 Å². The molecule has 3 rings (SSSR count). The van der Waals surface area contributed by atoms with Crippen molar-refractivity contribution in [1.29, 1.82) is 0 Å². The molecule has 0 radical (unpaired) electrons. The number of alkyl halides is 6. The molecule has 1 aliphatic carbocycles. The Morgan fingerprint density at radius 1 is 1.28 bits per heavy atom. The molecule has 156 valence electrons. The Bertz CT molecular complexity index is 988. The maximum Gasteiger partial charge on any atom is 0.428 e. The van der Waals surface area contributed by atoms with Crippen LogP contribution in [0.4, 0.5) is 22.0 Å². The summed E-state index contributed by atoms with van der Waals surface area (Å²) in [6.07, 6.45) is 0.609. The van der Waals surface area contributed by atoms with Gasteiger partial charge < -0.3 is 4.74 Å². The average molecular weight is 436 g/mol. The number of rotatable bonds is 6. The quantitative estimate of drug-likeness (QED) is 0.214. The summed E-state index contributed by atoms with van der Waals surface area (Å²) in [4.78, 5) is 7.58. The molecule has 6 nitrogen and oxygen atoms in total. The van der Waals surface area contributed by atoms with Crippen molar-refractivity contribution >= 4 is 29.5 Å². The molecule has 2 aromatic heterocycles. The molecule has 1 aliphatic rings. The normalized spacial score (nSPS) is 17.9. The second-order valence-electron chi connectivity index (χ2n) is 6.48. The summed E-state index contributed by atoms with van der Waals surface area (Å²) >= 11 is 5.02. The molecule has 0 amide bonds. The molecule has 0 bridgehead atoms. The number of halogens is 6. The lowest BCUT2D eigenvalue weighted by Gasteiger charge is -2.42. The number of aliphatic imine (C=N–C) groups is 1. The van der Waals surface area contributed by atoms with E-state index in [1.807, 2.05) is 0 Å². The fraction of sp³-hybridized carbons (Fsp3) is 0.412. The van der Waals surface area contributed by atoms with E-state index in [2.05, 4.69) is 26.9 Å². The highest BCUT2D eigenvalue weighted by molar-refractivity contribution is 6.21. The van der Waals surface area contributed by atoms with Crippen LogP contribution in [0, 0.1) is 0 Å². The van der Waals surface area contributed by atoms with Crippen molar-refractivity contribution in [2.75, 3.05) is 0 Å². The molecule has 0 aliphatic heterocycles. The predicted octanol–water partition coefficient (Wildman–Crippen LogP) is 4.86. The maximum absolute atomic E-state index is 13.4. The largest absolute Gasteiger partial charge is 0.461 e. The first-order chi connectivity index (χ1) is 13.5. The molecule has 0 spiro atoms. The van der Waals surface area contributed by atoms with Crippen LogP contribution in [0.5, 0.6) is 0 Å². The third-order valence-corrected chi connectivity index (χ3v) is 4.73. The number of hydrogen-bond acceptors (Lipinski definition) is 5. The average Bonchev–Trinajstić information content (AvgIpc) is 3.02. The van der Waals surface area contributed by atoms with E-state index in [1.165, 1.54) is 24.5 Å². The van der Waals surface area contributed by atoms with Crippen LogP contribution in [0.2, 0.25) is 0 Å². The summed E-state index contributed by atoms with van der Waals surface area (Å²) in [7, 11) is 0. The van der Waals surface area contributed by atoms with Crippen molar-refractivity contribution in [3.8, 4) is 0 Å². The van der Waals surface area contributed by atoms with E-state index in [0.29, 0.717) is 12.0 Å². The molecule has 2 heterocycles. The smallest absolute Gasteiger partial charge is 0.428 e. The van der Waals surface area contributed by atoms with Crippen molar-refractivity contribution in [1.82, 2.24) is 19.6 Å². The lowest BCUT2D eigenvalue weighted by atomic mass is 9.79. The summed E-state index contributed by atoms with van der Waals surface area (Å²) in [6.45, 7) is 4.82. The number of aromatic nitrogens is 4. The van der Waals surface area contributed by atoms with Crippen LogP contribution in [0.1, 0.15) is 37.7 Å². The van der Waals surface area contributed by atoms with Gasteiger partial charge in [-0.2, -0.15) is 22.0 Å². The predicted molar refractivity (Wildman–Crippen MR) is 95.5 cm³/mol. The Hall–Kier alpha value is -2.56. The topological polar surface area (TPSA) is 64.7 Å². The highest BCUT2D eigenvalue weighted by Crippen LogP contribution is 2.49. The Morgan fingerprint density at radius 2 is 1.97 bits per heavy atom. The van der Waals surface area contributed by atoms with Gasteiger partial charge in [-0.3, -0.25) is 9.38 Å². The van der Waals surface area contributed by atoms with Gasteiger partial charge >= 0.3 is 11.6 Å². The van der Waals surface area contributed by atoms with E-state index in [1.54, 1.807) is 6.92 Å². The highest BCUT2D eigenvalue weighted by Gasteiger charge is 2.61. The van der Waals surface area contributed by atoms with Gasteiger partial charge in [0.15, 0.2) is 5.65 Å². The Morgan fingerprint density at radius 3 is 2.48 bits per heavy atom. The van der Waals surface area contributed by atoms with E-state index < -0.39 is 23.0 Å². The SMILES string of the molecule is C=N/C(=C\C=C(/C)c1cn2c(C(F)(F)Cl)nnc2cn1)OC1(C(F)(F)F)CCC1. The zero-order chi connectivity index (χ0) is 21.4. The molecule has 1 fully saturated rings. The van der Waals surface area contributed by atoms with Crippen molar-refractivity contribution in [3.05, 3.63) is 41.9 Å². The summed E-state index contributed by atoms with van der Waals surface area (Å²) in [5, 5.41) is 3.16. The first-order valence-corrected chi connectivity index (χ1v) is 8.74. The van der Waals surface area contributed by atoms with Crippen LogP contribution in [-0.2, 0) is 10.1 Å². The van der Waals surface area contributed by atoms with Gasteiger partial charge in [-0.1, -0.05) is 6.08 Å². The zero-order valence-electron chi connectivity index (χ0n) is 15.0. The second-order valence-corrected chi connectivity index (χ2v) is 6.96. The molecule has 0 saturated heterocycles. The van der Waals surface area contributed by atoms with Gasteiger partial charge in [0, 0.05) is 12.3 Å². The van der Waals surface area contributed by atoms with Gasteiger partial charge in [0.1, 0.15) is 0 Å². The zero-order valence-corrected chi connectivity index (χ0v) is 15.8. The number of nitrogens with zero attached hydrogens (tertiary/aromatic N) is 5. The number of ether oxygens (including phenoxy) is 1. The van der Waals surface area contributed by atoms with Gasteiger partial charge in [-0.15, -0.1) is 10.2 Å². The molecule has 29 heavy (non-hydrogen) atoms. The molecule has 12 heteroatoms. The number of fused-ring (bicyclic) bond motifs is 1. The first-order valence-electron chi connectivity index (χ1n) is 8.36. The van der Waals surface area contributed by atoms with Crippen molar-refractivity contribution in [2.45, 2.75) is 43.3 Å². The van der Waals surface area contributed by atoms with Crippen LogP contribution >= 0.6 is 11.6 Å². The third-order valence-electron chi connectivity index (χ3n) is 4.56. The van der Waals surface area contributed by atoms with Crippen molar-refractivity contribution < 1.29 is 26.7 Å². The van der Waals surface area contributed by atoms with Crippen LogP contribution in [0.25, 0.3) is 11.2 Å². The van der Waals surface area contributed by atoms with Crippen LogP contribution in [0.3, 0.4) is 0 Å². The molecule has 2 aromatic rings. The Balaban J connectivity index is 1.89. The van der Waals surface area contributed by atoms with E-state index in [9.17, 15) is 22.0 Å². The third kappa shape index (κ3) is 4.09. The first kappa shape index (κ1) is 21.2. The second kappa shape index (κ2) is 7.36. The standard InChI is InChI=1S/C17H15ClF5N5O/c1-10(4-5-13(24-2)29-15(6-3-7-15)17(21,22)23)11-9-28-12(8-25-11)26-27-14(28)16(18,19)20/h4-5,8-9H,2-3,6-7H2,1H3/b10-4+,13-5+. The minimum absolute atomic E-state index is 0.0568. The number of hydrogen-bond donors (Lipinski definition) is 0. The lowest BCUT2D eigenvalue weighted by Crippen LogP contribution is -2.52. The fourth-order valence-corrected chi connectivity index (χ4v) is 2.87. The molecular formula is C17H15ClF5N5O. The minimum atomic E-state index is -4.53. The number of allylic oxidation sites excluding steroid dienone is 3. The lowest BCUT2D eigenvalue weighted by molar-refractivity contribution is -0.292. The molecule has 0 aromatic carbocycles. The van der Waals surface area contributed by atoms with E-state index in [0.717, 1.165) is 4.40 Å². The van der Waals surface area contributed by atoms with E-state index in [-0.39, 0.29) is 30.1 Å². The van der Waals surface area contributed by atoms with Crippen LogP contribution in [-0.4, -0.2) is 38.1 Å². The van der Waals surface area contributed by atoms with Crippen LogP contribution in [0.15, 0.2) is 35.4 Å². The summed E-state index contributed by atoms with van der Waals surface area (Å²) < 4.78 is 72.6. The molecule has 0 unspecified atom stereocenters. The molecule has 0 atom stereocenters. The van der Waals surface area contributed by atoms with Gasteiger partial charge in [0.05, 0.1) is 11.9 Å². The van der Waals surface area contributed by atoms with Crippen LogP contribution < -0.4 is 0 Å². The minimum Gasteiger partial charge on any atom is -0.461 e. The monoisotopic (exact) mass is 435 g/mol. The summed E-state index contributed by atoms with van der Waals surface area (Å²) in [5.74, 6) is -1.09. The van der Waals surface area contributed by atoms with Gasteiger partial charge in [0.2, 0.25) is 17.3 Å². The van der Waals surface area contributed by atoms with Gasteiger partial charge in [-0.25, -0.2) is 4.99 Å². The summed E-state index contributed by atoms with van der Waals surface area (Å²) in [6, 6.07) is 0. The van der Waals surface area contributed by atoms with E-state index >= 15 is 0 Å². The molecular weight excluding hydrogens is 421 g/mol. The Kier molecular flexibility index (Phi) is 5.37. The molecule has 0 N–H and O–H groups in total. The fourth-order valence-electron chi connectivity index (χ4n) is 2.74. The van der Waals surface area contributed by atoms with Crippen molar-refractivity contribution in [3.63, 3.8) is 0 Å². The molecule has 1 saturated carbocycles. The summed E-state index contributed by atoms with van der Waals surface area (Å²) in [5.41, 5.74) is -1.53. The van der Waals surface area contributed by atoms with Gasteiger partial charge in [-0.05, 0) is 50.1 Å². The van der Waals surface area contributed by atoms with Crippen molar-refractivity contribution in [2.24, 2.45) is 4.99 Å². The maximum atomic E-state index is 13.4. The highest BCUT2D eigenvalue weighted by atomic mass is 35.5. The Labute approximate surface area is 166 Å². The van der Waals surface area contributed by atoms with E-state index in [4.69, 9.17) is 16.3 Å².